The first kappa shape index (κ1) is 13.9. The second-order valence-electron chi connectivity index (χ2n) is 5.81. The van der Waals surface area contributed by atoms with Gasteiger partial charge in [-0.05, 0) is 23.3 Å². The lowest BCUT2D eigenvalue weighted by molar-refractivity contribution is 0.202. The molecule has 2 aromatic rings. The van der Waals surface area contributed by atoms with Crippen LogP contribution in [-0.4, -0.2) is 19.2 Å². The van der Waals surface area contributed by atoms with Crippen molar-refractivity contribution in [1.29, 1.82) is 0 Å². The number of methoxy groups -OCH3 is 2. The van der Waals surface area contributed by atoms with E-state index in [9.17, 15) is 0 Å². The van der Waals surface area contributed by atoms with E-state index in [-0.39, 0.29) is 11.8 Å². The molecule has 1 aromatic heterocycles. The van der Waals surface area contributed by atoms with Crippen molar-refractivity contribution in [1.82, 2.24) is 4.98 Å². The maximum Gasteiger partial charge on any atom is 0.156 e. The molecule has 1 heterocycles. The molecule has 2 aliphatic rings. The van der Waals surface area contributed by atoms with Crippen LogP contribution in [-0.2, 0) is 9.47 Å². The minimum absolute atomic E-state index is 0.140. The first-order valence-corrected chi connectivity index (χ1v) is 7.78. The van der Waals surface area contributed by atoms with Gasteiger partial charge in [-0.15, -0.1) is 0 Å². The second-order valence-corrected chi connectivity index (χ2v) is 5.81. The monoisotopic (exact) mass is 305 g/mol. The van der Waals surface area contributed by atoms with Crippen LogP contribution >= 0.6 is 0 Å². The van der Waals surface area contributed by atoms with E-state index in [1.165, 1.54) is 16.7 Å². The molecule has 0 saturated heterocycles. The van der Waals surface area contributed by atoms with E-state index in [1.54, 1.807) is 14.2 Å². The highest BCUT2D eigenvalue weighted by Gasteiger charge is 2.36. The lowest BCUT2D eigenvalue weighted by Crippen LogP contribution is -2.21. The average Bonchev–Trinajstić information content (AvgIpc) is 3.05. The van der Waals surface area contributed by atoms with Gasteiger partial charge in [0, 0.05) is 23.4 Å². The Bertz CT molecular complexity index is 811. The molecule has 1 aromatic carbocycles. The zero-order valence-electron chi connectivity index (χ0n) is 13.2. The lowest BCUT2D eigenvalue weighted by atomic mass is 9.75. The van der Waals surface area contributed by atoms with E-state index in [0.29, 0.717) is 0 Å². The SMILES string of the molecule is COC1=C(OC)C2c3c(-c4ccccc4)c[nH]c3C=CC2C=C1. The Labute approximate surface area is 135 Å². The first-order chi connectivity index (χ1) is 11.3. The molecule has 2 aliphatic carbocycles. The standard InChI is InChI=1S/C20H19NO2/c1-22-17-11-9-14-8-10-16-19(18(14)20(17)23-2)15(12-21-16)13-6-4-3-5-7-13/h3-12,14,18,21H,1-2H3. The minimum Gasteiger partial charge on any atom is -0.497 e. The summed E-state index contributed by atoms with van der Waals surface area (Å²) in [6.45, 7) is 0. The van der Waals surface area contributed by atoms with Gasteiger partial charge in [-0.25, -0.2) is 0 Å². The number of allylic oxidation sites excluding steroid dienone is 4. The summed E-state index contributed by atoms with van der Waals surface area (Å²) in [5.41, 5.74) is 4.85. The van der Waals surface area contributed by atoms with Crippen molar-refractivity contribution in [3.8, 4) is 11.1 Å². The predicted octanol–water partition coefficient (Wildman–Crippen LogP) is 4.48. The van der Waals surface area contributed by atoms with Crippen LogP contribution in [0.25, 0.3) is 17.2 Å². The molecule has 23 heavy (non-hydrogen) atoms. The molecule has 0 saturated carbocycles. The Morgan fingerprint density at radius 3 is 2.48 bits per heavy atom. The van der Waals surface area contributed by atoms with Crippen molar-refractivity contribution in [3.63, 3.8) is 0 Å². The van der Waals surface area contributed by atoms with Crippen LogP contribution < -0.4 is 0 Å². The van der Waals surface area contributed by atoms with Gasteiger partial charge in [0.15, 0.2) is 5.76 Å². The van der Waals surface area contributed by atoms with Crippen molar-refractivity contribution in [3.05, 3.63) is 77.5 Å². The molecule has 4 rings (SSSR count). The summed E-state index contributed by atoms with van der Waals surface area (Å²) in [6.07, 6.45) is 10.7. The van der Waals surface area contributed by atoms with Gasteiger partial charge >= 0.3 is 0 Å². The molecular weight excluding hydrogens is 286 g/mol. The highest BCUT2D eigenvalue weighted by atomic mass is 16.5. The fourth-order valence-electron chi connectivity index (χ4n) is 3.60. The minimum atomic E-state index is 0.140. The molecule has 0 radical (unpaired) electrons. The molecule has 116 valence electrons. The van der Waals surface area contributed by atoms with Crippen LogP contribution in [0.1, 0.15) is 17.2 Å². The van der Waals surface area contributed by atoms with E-state index >= 15 is 0 Å². The van der Waals surface area contributed by atoms with Crippen LogP contribution in [0.5, 0.6) is 0 Å². The molecule has 0 aliphatic heterocycles. The zero-order valence-corrected chi connectivity index (χ0v) is 13.2. The fraction of sp³-hybridized carbons (Fsp3) is 0.200. The van der Waals surface area contributed by atoms with Crippen LogP contribution in [0.4, 0.5) is 0 Å². The average molecular weight is 305 g/mol. The number of H-pyrrole nitrogens is 1. The topological polar surface area (TPSA) is 34.2 Å². The zero-order chi connectivity index (χ0) is 15.8. The molecule has 0 fully saturated rings. The van der Waals surface area contributed by atoms with Crippen molar-refractivity contribution >= 4 is 6.08 Å². The third-order valence-corrected chi connectivity index (χ3v) is 4.65. The quantitative estimate of drug-likeness (QED) is 0.907. The summed E-state index contributed by atoms with van der Waals surface area (Å²) in [5.74, 6) is 2.12. The molecule has 2 unspecified atom stereocenters. The number of aromatic amines is 1. The van der Waals surface area contributed by atoms with E-state index in [0.717, 1.165) is 17.2 Å². The van der Waals surface area contributed by atoms with E-state index in [4.69, 9.17) is 9.47 Å². The van der Waals surface area contributed by atoms with E-state index < -0.39 is 0 Å². The third kappa shape index (κ3) is 2.12. The summed E-state index contributed by atoms with van der Waals surface area (Å²) < 4.78 is 11.3. The fourth-order valence-corrected chi connectivity index (χ4v) is 3.60. The van der Waals surface area contributed by atoms with Gasteiger partial charge in [-0.3, -0.25) is 0 Å². The van der Waals surface area contributed by atoms with E-state index in [2.05, 4.69) is 53.7 Å². The molecular formula is C20H19NO2. The summed E-state index contributed by atoms with van der Waals surface area (Å²) >= 11 is 0. The first-order valence-electron chi connectivity index (χ1n) is 7.78. The van der Waals surface area contributed by atoms with E-state index in [1.807, 2.05) is 12.1 Å². The summed E-state index contributed by atoms with van der Waals surface area (Å²) in [4.78, 5) is 3.41. The van der Waals surface area contributed by atoms with Gasteiger partial charge in [-0.2, -0.15) is 0 Å². The summed E-state index contributed by atoms with van der Waals surface area (Å²) in [6, 6.07) is 10.5. The van der Waals surface area contributed by atoms with Crippen molar-refractivity contribution in [2.75, 3.05) is 14.2 Å². The summed E-state index contributed by atoms with van der Waals surface area (Å²) in [7, 11) is 3.41. The van der Waals surface area contributed by atoms with Crippen molar-refractivity contribution in [2.45, 2.75) is 5.92 Å². The number of aromatic nitrogens is 1. The predicted molar refractivity (Wildman–Crippen MR) is 91.7 cm³/mol. The van der Waals surface area contributed by atoms with Gasteiger partial charge in [0.05, 0.1) is 20.1 Å². The second kappa shape index (κ2) is 5.51. The Hall–Kier alpha value is -2.68. The summed E-state index contributed by atoms with van der Waals surface area (Å²) in [5, 5.41) is 0. The highest BCUT2D eigenvalue weighted by Crippen LogP contribution is 2.47. The molecule has 0 spiro atoms. The molecule has 1 N–H and O–H groups in total. The van der Waals surface area contributed by atoms with Crippen molar-refractivity contribution < 1.29 is 9.47 Å². The van der Waals surface area contributed by atoms with Crippen LogP contribution in [0.3, 0.4) is 0 Å². The Morgan fingerprint density at radius 2 is 1.74 bits per heavy atom. The highest BCUT2D eigenvalue weighted by molar-refractivity contribution is 5.75. The van der Waals surface area contributed by atoms with Crippen molar-refractivity contribution in [2.24, 2.45) is 5.92 Å². The number of benzene rings is 1. The Morgan fingerprint density at radius 1 is 0.957 bits per heavy atom. The van der Waals surface area contributed by atoms with Crippen LogP contribution in [0, 0.1) is 5.92 Å². The van der Waals surface area contributed by atoms with Crippen LogP contribution in [0.15, 0.2) is 66.3 Å². The van der Waals surface area contributed by atoms with Gasteiger partial charge in [0.25, 0.3) is 0 Å². The molecule has 2 atom stereocenters. The largest absolute Gasteiger partial charge is 0.497 e. The number of rotatable bonds is 3. The maximum absolute atomic E-state index is 5.74. The smallest absolute Gasteiger partial charge is 0.156 e. The maximum atomic E-state index is 5.74. The van der Waals surface area contributed by atoms with Crippen LogP contribution in [0.2, 0.25) is 0 Å². The Balaban J connectivity index is 1.91. The van der Waals surface area contributed by atoms with Gasteiger partial charge < -0.3 is 14.5 Å². The number of ether oxygens (including phenoxy) is 2. The normalized spacial score (nSPS) is 21.8. The Kier molecular flexibility index (Phi) is 3.34. The van der Waals surface area contributed by atoms with Gasteiger partial charge in [0.1, 0.15) is 5.76 Å². The number of hydrogen-bond acceptors (Lipinski definition) is 2. The third-order valence-electron chi connectivity index (χ3n) is 4.65. The molecule has 3 heteroatoms. The number of nitrogens with one attached hydrogen (secondary N) is 1. The number of fused-ring (bicyclic) bond motifs is 3. The molecule has 0 amide bonds. The molecule has 0 bridgehead atoms. The number of hydrogen-bond donors (Lipinski definition) is 1. The van der Waals surface area contributed by atoms with Gasteiger partial charge in [0.2, 0.25) is 0 Å². The molecule has 3 nitrogen and oxygen atoms in total. The van der Waals surface area contributed by atoms with Gasteiger partial charge in [-0.1, -0.05) is 42.5 Å². The lowest BCUT2D eigenvalue weighted by Gasteiger charge is -2.32.